The summed E-state index contributed by atoms with van der Waals surface area (Å²) in [7, 11) is -5.72. The molecular weight excluding hydrogens is 389 g/mol. The Hall–Kier alpha value is -2.66. The van der Waals surface area contributed by atoms with E-state index >= 15 is 0 Å². The van der Waals surface area contributed by atoms with Gasteiger partial charge in [0.1, 0.15) is 5.69 Å². The minimum atomic E-state index is -5.72. The van der Waals surface area contributed by atoms with E-state index < -0.39 is 43.0 Å². The van der Waals surface area contributed by atoms with Crippen LogP contribution in [0.1, 0.15) is 17.2 Å². The van der Waals surface area contributed by atoms with Crippen LogP contribution < -0.4 is 5.32 Å². The Kier molecular flexibility index (Phi) is 4.60. The largest absolute Gasteiger partial charge is 0.501 e. The summed E-state index contributed by atoms with van der Waals surface area (Å²) in [5.41, 5.74) is -5.07. The zero-order chi connectivity index (χ0) is 20.0. The van der Waals surface area contributed by atoms with E-state index in [0.29, 0.717) is 24.1 Å². The Morgan fingerprint density at radius 1 is 1.19 bits per heavy atom. The van der Waals surface area contributed by atoms with Crippen molar-refractivity contribution in [3.8, 4) is 0 Å². The summed E-state index contributed by atoms with van der Waals surface area (Å²) in [6, 6.07) is 8.18. The first-order chi connectivity index (χ1) is 12.5. The molecule has 0 aromatic heterocycles. The van der Waals surface area contributed by atoms with Gasteiger partial charge in [-0.25, -0.2) is 8.42 Å². The van der Waals surface area contributed by atoms with Crippen molar-refractivity contribution in [2.24, 2.45) is 0 Å². The molecule has 2 atom stereocenters. The molecule has 0 radical (unpaired) electrons. The maximum absolute atomic E-state index is 12.7. The first-order valence-corrected chi connectivity index (χ1v) is 9.13. The highest BCUT2D eigenvalue weighted by Gasteiger charge is 2.47. The van der Waals surface area contributed by atoms with Crippen LogP contribution in [0.3, 0.4) is 0 Å². The number of rotatable bonds is 4. The van der Waals surface area contributed by atoms with Crippen molar-refractivity contribution in [1.82, 2.24) is 0 Å². The maximum atomic E-state index is 12.7. The number of hydrogen-bond donors (Lipinski definition) is 2. The zero-order valence-electron chi connectivity index (χ0n) is 13.5. The van der Waals surface area contributed by atoms with Gasteiger partial charge >= 0.3 is 5.51 Å². The smallest absolute Gasteiger partial charge is 0.390 e. The number of nitrogens with zero attached hydrogens (tertiary/aromatic N) is 1. The quantitative estimate of drug-likeness (QED) is 0.601. The van der Waals surface area contributed by atoms with Gasteiger partial charge in [-0.2, -0.15) is 13.2 Å². The number of alkyl halides is 3. The van der Waals surface area contributed by atoms with Crippen molar-refractivity contribution in [1.29, 1.82) is 0 Å². The standard InChI is InChI=1S/C16H13F3N2O5S/c17-16(18,19)27(25,26)10-5-6-12(13(8-10)21(23)24)20-15-11-4-2-1-3-9(11)7-14(15)22/h1-6,8,14-15,20,22H,7H2/t14-,15+/m0/s1. The SMILES string of the molecule is O=[N+]([O-])c1cc(S(=O)(=O)C(F)(F)F)ccc1N[C@@H]1c2ccccc2C[C@@H]1O. The van der Waals surface area contributed by atoms with Gasteiger partial charge in [0.25, 0.3) is 15.5 Å². The van der Waals surface area contributed by atoms with Crippen LogP contribution >= 0.6 is 0 Å². The molecule has 0 unspecified atom stereocenters. The van der Waals surface area contributed by atoms with Crippen LogP contribution in [0, 0.1) is 10.1 Å². The Balaban J connectivity index is 2.01. The van der Waals surface area contributed by atoms with Crippen molar-refractivity contribution in [2.45, 2.75) is 29.0 Å². The van der Waals surface area contributed by atoms with Gasteiger partial charge in [0.05, 0.1) is 22.0 Å². The lowest BCUT2D eigenvalue weighted by atomic mass is 10.1. The highest BCUT2D eigenvalue weighted by molar-refractivity contribution is 7.92. The Bertz CT molecular complexity index is 1010. The fourth-order valence-electron chi connectivity index (χ4n) is 3.00. The van der Waals surface area contributed by atoms with Gasteiger partial charge in [-0.3, -0.25) is 10.1 Å². The molecule has 144 valence electrons. The summed E-state index contributed by atoms with van der Waals surface area (Å²) in [6.45, 7) is 0. The number of aliphatic hydroxyl groups is 1. The third-order valence-corrected chi connectivity index (χ3v) is 5.78. The van der Waals surface area contributed by atoms with Crippen LogP contribution in [0.5, 0.6) is 0 Å². The summed E-state index contributed by atoms with van der Waals surface area (Å²) in [5.74, 6) is 0. The normalized spacial score (nSPS) is 19.6. The third-order valence-electron chi connectivity index (χ3n) is 4.30. The van der Waals surface area contributed by atoms with E-state index in [4.69, 9.17) is 0 Å². The predicted molar refractivity (Wildman–Crippen MR) is 88.9 cm³/mol. The molecule has 3 rings (SSSR count). The van der Waals surface area contributed by atoms with Gasteiger partial charge < -0.3 is 10.4 Å². The first-order valence-electron chi connectivity index (χ1n) is 7.64. The predicted octanol–water partition coefficient (Wildman–Crippen LogP) is 2.96. The van der Waals surface area contributed by atoms with Gasteiger partial charge in [-0.15, -0.1) is 0 Å². The van der Waals surface area contributed by atoms with Crippen LogP contribution in [0.25, 0.3) is 0 Å². The van der Waals surface area contributed by atoms with Gasteiger partial charge in [-0.1, -0.05) is 24.3 Å². The van der Waals surface area contributed by atoms with Crippen LogP contribution in [0.15, 0.2) is 47.4 Å². The van der Waals surface area contributed by atoms with E-state index in [-0.39, 0.29) is 5.69 Å². The number of aliphatic hydroxyl groups excluding tert-OH is 1. The van der Waals surface area contributed by atoms with Crippen molar-refractivity contribution in [2.75, 3.05) is 5.32 Å². The molecule has 27 heavy (non-hydrogen) atoms. The molecule has 0 saturated carbocycles. The summed E-state index contributed by atoms with van der Waals surface area (Å²) in [4.78, 5) is 9.07. The van der Waals surface area contributed by atoms with Crippen LogP contribution in [0.2, 0.25) is 0 Å². The molecular formula is C16H13F3N2O5S. The number of benzene rings is 2. The molecule has 0 saturated heterocycles. The van der Waals surface area contributed by atoms with Crippen molar-refractivity contribution in [3.05, 3.63) is 63.7 Å². The second-order valence-corrected chi connectivity index (χ2v) is 7.92. The molecule has 2 aromatic rings. The van der Waals surface area contributed by atoms with Gasteiger partial charge in [0.15, 0.2) is 0 Å². The topological polar surface area (TPSA) is 110 Å². The molecule has 2 N–H and O–H groups in total. The third kappa shape index (κ3) is 3.35. The number of hydrogen-bond acceptors (Lipinski definition) is 6. The molecule has 0 spiro atoms. The lowest BCUT2D eigenvalue weighted by molar-refractivity contribution is -0.384. The van der Waals surface area contributed by atoms with Crippen LogP contribution in [-0.4, -0.2) is 30.1 Å². The number of sulfone groups is 1. The van der Waals surface area contributed by atoms with E-state index in [1.165, 1.54) is 0 Å². The highest BCUT2D eigenvalue weighted by atomic mass is 32.2. The van der Waals surface area contributed by atoms with E-state index in [9.17, 15) is 36.8 Å². The Labute approximate surface area is 151 Å². The van der Waals surface area contributed by atoms with E-state index in [1.807, 2.05) is 0 Å². The molecule has 1 aliphatic carbocycles. The number of halogens is 3. The maximum Gasteiger partial charge on any atom is 0.501 e. The minimum absolute atomic E-state index is 0.193. The van der Waals surface area contributed by atoms with E-state index in [1.54, 1.807) is 24.3 Å². The van der Waals surface area contributed by atoms with Crippen molar-refractivity contribution < 1.29 is 31.6 Å². The second-order valence-electron chi connectivity index (χ2n) is 5.98. The molecule has 0 amide bonds. The molecule has 2 aromatic carbocycles. The summed E-state index contributed by atoms with van der Waals surface area (Å²) < 4.78 is 61.1. The van der Waals surface area contributed by atoms with Crippen LogP contribution in [-0.2, 0) is 16.3 Å². The highest BCUT2D eigenvalue weighted by Crippen LogP contribution is 2.39. The summed E-state index contributed by atoms with van der Waals surface area (Å²) in [6.07, 6.45) is -0.595. The first kappa shape index (κ1) is 19.1. The lowest BCUT2D eigenvalue weighted by Gasteiger charge is -2.19. The average Bonchev–Trinajstić information content (AvgIpc) is 2.89. The van der Waals surface area contributed by atoms with Gasteiger partial charge in [0.2, 0.25) is 0 Å². The van der Waals surface area contributed by atoms with Gasteiger partial charge in [-0.05, 0) is 23.3 Å². The fourth-order valence-corrected chi connectivity index (χ4v) is 3.78. The second kappa shape index (κ2) is 6.50. The lowest BCUT2D eigenvalue weighted by Crippen LogP contribution is -2.24. The number of nitrogens with one attached hydrogen (secondary N) is 1. The van der Waals surface area contributed by atoms with Gasteiger partial charge in [0, 0.05) is 12.5 Å². The molecule has 11 heteroatoms. The molecule has 0 aliphatic heterocycles. The zero-order valence-corrected chi connectivity index (χ0v) is 14.3. The summed E-state index contributed by atoms with van der Waals surface area (Å²) >= 11 is 0. The molecule has 0 heterocycles. The van der Waals surface area contributed by atoms with E-state index in [0.717, 1.165) is 11.6 Å². The van der Waals surface area contributed by atoms with Crippen molar-refractivity contribution in [3.63, 3.8) is 0 Å². The Morgan fingerprint density at radius 2 is 1.85 bits per heavy atom. The number of fused-ring (bicyclic) bond motifs is 1. The van der Waals surface area contributed by atoms with Crippen molar-refractivity contribution >= 4 is 21.2 Å². The number of nitro benzene ring substituents is 1. The minimum Gasteiger partial charge on any atom is -0.390 e. The molecule has 1 aliphatic rings. The molecule has 0 bridgehead atoms. The van der Waals surface area contributed by atoms with Crippen LogP contribution in [0.4, 0.5) is 24.5 Å². The monoisotopic (exact) mass is 402 g/mol. The fraction of sp³-hybridized carbons (Fsp3) is 0.250. The molecule has 7 nitrogen and oxygen atoms in total. The number of nitro groups is 1. The number of anilines is 1. The Morgan fingerprint density at radius 3 is 2.48 bits per heavy atom. The van der Waals surface area contributed by atoms with E-state index in [2.05, 4.69) is 5.32 Å². The average molecular weight is 402 g/mol. The molecule has 0 fully saturated rings. The summed E-state index contributed by atoms with van der Waals surface area (Å²) in [5, 5.41) is 24.2.